The van der Waals surface area contributed by atoms with Crippen molar-refractivity contribution in [2.75, 3.05) is 76.7 Å². The highest BCUT2D eigenvalue weighted by Crippen LogP contribution is 2.45. The van der Waals surface area contributed by atoms with E-state index in [1.54, 1.807) is 29.2 Å². The number of nitrogens with one attached hydrogen (secondary N) is 3. The number of hydrogen-bond donors (Lipinski definition) is 5. The van der Waals surface area contributed by atoms with E-state index in [2.05, 4.69) is 59.8 Å². The summed E-state index contributed by atoms with van der Waals surface area (Å²) >= 11 is 0. The molecule has 2 unspecified atom stereocenters. The minimum absolute atomic E-state index is 0.00880. The Morgan fingerprint density at radius 3 is 2.42 bits per heavy atom. The number of aliphatic hydroxyl groups is 1. The number of carbonyl (C=O) groups is 3. The highest BCUT2D eigenvalue weighted by atomic mass is 16.5. The summed E-state index contributed by atoms with van der Waals surface area (Å²) in [4.78, 5) is 62.2. The Balaban J connectivity index is 0.747. The van der Waals surface area contributed by atoms with Crippen LogP contribution in [-0.2, 0) is 16.1 Å². The number of rotatable bonds is 14. The summed E-state index contributed by atoms with van der Waals surface area (Å²) in [5.74, 6) is 4.69. The van der Waals surface area contributed by atoms with Crippen molar-refractivity contribution < 1.29 is 29.3 Å². The SMILES string of the molecule is C#Cc1ccc(CNC(=O)[C@@H]2C[C@@H](O)CN2C(=O)[C@@H](NC(=O)N2CCC(N3CCC(c4cnc(N5CCC6Nc7nnc(-c8ccccc8O)cc7C6[C@H]5C)nc4)CC3)CC2)C(C)(C)C)c(OCCCN(C)C)c1. The maximum absolute atomic E-state index is 14.4. The molecule has 4 amide bonds. The van der Waals surface area contributed by atoms with Gasteiger partial charge in [0.15, 0.2) is 5.82 Å². The van der Waals surface area contributed by atoms with Crippen LogP contribution in [0.25, 0.3) is 11.3 Å². The molecule has 18 nitrogen and oxygen atoms in total. The number of fused-ring (bicyclic) bond motifs is 3. The summed E-state index contributed by atoms with van der Waals surface area (Å²) < 4.78 is 6.08. The molecule has 5 aliphatic rings. The molecule has 18 heteroatoms. The van der Waals surface area contributed by atoms with Crippen molar-refractivity contribution in [3.05, 3.63) is 83.2 Å². The van der Waals surface area contributed by atoms with Gasteiger partial charge in [-0.3, -0.25) is 9.59 Å². The Kier molecular flexibility index (Phi) is 15.9. The van der Waals surface area contributed by atoms with E-state index in [9.17, 15) is 24.6 Å². The van der Waals surface area contributed by atoms with E-state index in [0.29, 0.717) is 54.2 Å². The van der Waals surface area contributed by atoms with Crippen molar-refractivity contribution in [3.8, 4) is 35.1 Å². The smallest absolute Gasteiger partial charge is 0.318 e. The molecular formula is C56H74N12O6. The first-order valence-electron chi connectivity index (χ1n) is 26.5. The van der Waals surface area contributed by atoms with Gasteiger partial charge in [-0.05, 0) is 120 Å². The van der Waals surface area contributed by atoms with E-state index in [-0.39, 0.29) is 55.2 Å². The van der Waals surface area contributed by atoms with Gasteiger partial charge < -0.3 is 55.4 Å². The maximum Gasteiger partial charge on any atom is 0.318 e. The first-order chi connectivity index (χ1) is 35.6. The van der Waals surface area contributed by atoms with Gasteiger partial charge in [0.25, 0.3) is 0 Å². The number of urea groups is 1. The minimum atomic E-state index is -0.928. The number of anilines is 2. The summed E-state index contributed by atoms with van der Waals surface area (Å²) in [6.07, 6.45) is 14.3. The van der Waals surface area contributed by atoms with Crippen molar-refractivity contribution in [2.24, 2.45) is 5.41 Å². The molecule has 7 heterocycles. The fourth-order valence-electron chi connectivity index (χ4n) is 11.7. The number of hydrogen-bond acceptors (Lipinski definition) is 14. The molecule has 5 N–H and O–H groups in total. The Labute approximate surface area is 435 Å². The lowest BCUT2D eigenvalue weighted by molar-refractivity contribution is -0.142. The number of phenols is 1. The number of benzene rings is 2. The molecule has 9 rings (SSSR count). The summed E-state index contributed by atoms with van der Waals surface area (Å²) in [5, 5.41) is 39.9. The summed E-state index contributed by atoms with van der Waals surface area (Å²) in [5.41, 5.74) is 4.32. The zero-order valence-corrected chi connectivity index (χ0v) is 43.8. The molecule has 4 saturated heterocycles. The maximum atomic E-state index is 14.4. The lowest BCUT2D eigenvalue weighted by atomic mass is 9.83. The second-order valence-electron chi connectivity index (χ2n) is 22.2. The fraction of sp³-hybridized carbons (Fsp3) is 0.554. The van der Waals surface area contributed by atoms with E-state index in [4.69, 9.17) is 21.1 Å². The molecule has 0 bridgehead atoms. The molecule has 0 spiro atoms. The Hall–Kier alpha value is -6.55. The first kappa shape index (κ1) is 52.3. The zero-order chi connectivity index (χ0) is 52.3. The number of aromatic nitrogens is 4. The summed E-state index contributed by atoms with van der Waals surface area (Å²) in [6.45, 7) is 13.3. The normalized spacial score (nSPS) is 22.9. The number of terminal acetylenes is 1. The van der Waals surface area contributed by atoms with Crippen LogP contribution in [0.2, 0.25) is 0 Å². The molecule has 5 aliphatic heterocycles. The molecule has 4 aromatic rings. The van der Waals surface area contributed by atoms with Crippen molar-refractivity contribution in [1.82, 2.24) is 50.4 Å². The lowest BCUT2D eigenvalue weighted by Crippen LogP contribution is -2.60. The van der Waals surface area contributed by atoms with Crippen molar-refractivity contribution in [2.45, 2.75) is 127 Å². The topological polar surface area (TPSA) is 205 Å². The molecule has 6 atom stereocenters. The van der Waals surface area contributed by atoms with Crippen LogP contribution >= 0.6 is 0 Å². The van der Waals surface area contributed by atoms with Gasteiger partial charge in [-0.2, -0.15) is 0 Å². The largest absolute Gasteiger partial charge is 0.507 e. The number of aliphatic hydroxyl groups excluding tert-OH is 1. The molecular weight excluding hydrogens is 937 g/mol. The second kappa shape index (κ2) is 22.5. The Morgan fingerprint density at radius 2 is 1.72 bits per heavy atom. The Bertz CT molecular complexity index is 2670. The third-order valence-electron chi connectivity index (χ3n) is 15.9. The van der Waals surface area contributed by atoms with Crippen LogP contribution in [-0.4, -0.2) is 171 Å². The lowest BCUT2D eigenvalue weighted by Gasteiger charge is -2.42. The number of piperidine rings is 3. The number of aromatic hydroxyl groups is 1. The minimum Gasteiger partial charge on any atom is -0.507 e. The van der Waals surface area contributed by atoms with Crippen LogP contribution in [0.1, 0.15) is 107 Å². The molecule has 74 heavy (non-hydrogen) atoms. The first-order valence-corrected chi connectivity index (χ1v) is 26.5. The number of carbonyl (C=O) groups excluding carboxylic acids is 3. The van der Waals surface area contributed by atoms with Crippen molar-refractivity contribution in [1.29, 1.82) is 0 Å². The summed E-state index contributed by atoms with van der Waals surface area (Å²) in [7, 11) is 4.01. The summed E-state index contributed by atoms with van der Waals surface area (Å²) in [6, 6.07) is 13.3. The predicted octanol–water partition coefficient (Wildman–Crippen LogP) is 5.17. The molecule has 2 aromatic heterocycles. The van der Waals surface area contributed by atoms with Gasteiger partial charge in [-0.25, -0.2) is 14.8 Å². The van der Waals surface area contributed by atoms with Crippen LogP contribution in [0, 0.1) is 17.8 Å². The number of likely N-dealkylation sites (tertiary alicyclic amines) is 3. The van der Waals surface area contributed by atoms with Crippen molar-refractivity contribution >= 4 is 29.6 Å². The third kappa shape index (κ3) is 11.5. The molecule has 4 fully saturated rings. The number of phenolic OH excluding ortho intramolecular Hbond substituents is 1. The van der Waals surface area contributed by atoms with Crippen LogP contribution in [0.4, 0.5) is 16.6 Å². The zero-order valence-electron chi connectivity index (χ0n) is 43.8. The van der Waals surface area contributed by atoms with Gasteiger partial charge >= 0.3 is 6.03 Å². The van der Waals surface area contributed by atoms with Gasteiger partial charge in [0, 0.05) is 104 Å². The quantitative estimate of drug-likeness (QED) is 0.0817. The van der Waals surface area contributed by atoms with E-state index < -0.39 is 29.5 Å². The van der Waals surface area contributed by atoms with Gasteiger partial charge in [-0.15, -0.1) is 16.6 Å². The monoisotopic (exact) mass is 1010 g/mol. The van der Waals surface area contributed by atoms with E-state index >= 15 is 0 Å². The standard InChI is InChI=1S/C56H74N12O6/c1-8-36-14-15-38(48(28-36)74-27-11-21-64(6)7)31-57-52(71)46-29-41(69)34-68(46)53(72)50(56(3,4)5)61-55(73)66-24-18-40(19-25-66)65-22-16-37(17-23-65)39-32-58-54(59-33-39)67-26-20-44-49(35(67)2)43-30-45(62-63-51(43)60-44)42-12-9-10-13-47(42)70/h1,9-10,12-15,28,30,32-33,35,37,40-41,44,46,49-50,69-70H,11,16-27,29,31,34H2,2-7H3,(H,57,71)(H,60,63)(H,61,73)/t35-,41-,44?,46+,49?,50-/m1/s1. The van der Waals surface area contributed by atoms with E-state index in [1.165, 1.54) is 4.90 Å². The van der Waals surface area contributed by atoms with E-state index in [0.717, 1.165) is 93.2 Å². The average Bonchev–Trinajstić information content (AvgIpc) is 3.99. The highest BCUT2D eigenvalue weighted by molar-refractivity contribution is 5.93. The van der Waals surface area contributed by atoms with Crippen LogP contribution < -0.4 is 25.6 Å². The average molecular weight is 1010 g/mol. The van der Waals surface area contributed by atoms with E-state index in [1.807, 2.05) is 65.5 Å². The molecule has 2 aromatic carbocycles. The van der Waals surface area contributed by atoms with Gasteiger partial charge in [0.05, 0.1) is 18.4 Å². The molecule has 0 radical (unpaired) electrons. The number of para-hydroxylation sites is 1. The third-order valence-corrected chi connectivity index (χ3v) is 15.9. The number of ether oxygens (including phenoxy) is 1. The predicted molar refractivity (Wildman–Crippen MR) is 284 cm³/mol. The van der Waals surface area contributed by atoms with Crippen LogP contribution in [0.5, 0.6) is 11.5 Å². The molecule has 0 saturated carbocycles. The molecule has 394 valence electrons. The number of amides is 4. The Morgan fingerprint density at radius 1 is 0.973 bits per heavy atom. The van der Waals surface area contributed by atoms with Crippen LogP contribution in [0.3, 0.4) is 0 Å². The van der Waals surface area contributed by atoms with Gasteiger partial charge in [0.2, 0.25) is 17.8 Å². The van der Waals surface area contributed by atoms with Gasteiger partial charge in [-0.1, -0.05) is 44.9 Å². The van der Waals surface area contributed by atoms with Crippen molar-refractivity contribution in [3.63, 3.8) is 0 Å². The van der Waals surface area contributed by atoms with Gasteiger partial charge in [0.1, 0.15) is 23.6 Å². The number of nitrogens with zero attached hydrogens (tertiary/aromatic N) is 9. The number of β-amino-alcohol motifs (C(OH)–C–C–N with tert-alkyl or cyclic N) is 1. The highest BCUT2D eigenvalue weighted by Gasteiger charge is 2.46. The molecule has 0 aliphatic carbocycles. The fourth-order valence-corrected chi connectivity index (χ4v) is 11.7. The second-order valence-corrected chi connectivity index (χ2v) is 22.2. The van der Waals surface area contributed by atoms with Crippen LogP contribution in [0.15, 0.2) is 60.9 Å².